The van der Waals surface area contributed by atoms with Crippen molar-refractivity contribution in [1.29, 1.82) is 0 Å². The second kappa shape index (κ2) is 5.91. The van der Waals surface area contributed by atoms with Crippen LogP contribution in [0.3, 0.4) is 0 Å². The van der Waals surface area contributed by atoms with Gasteiger partial charge in [0.05, 0.1) is 17.5 Å². The molecule has 1 N–H and O–H groups in total. The summed E-state index contributed by atoms with van der Waals surface area (Å²) in [7, 11) is 1.58. The van der Waals surface area contributed by atoms with E-state index in [4.69, 9.17) is 4.42 Å². The van der Waals surface area contributed by atoms with Gasteiger partial charge in [0.15, 0.2) is 0 Å². The van der Waals surface area contributed by atoms with Crippen LogP contribution >= 0.6 is 0 Å². The van der Waals surface area contributed by atoms with Crippen LogP contribution in [-0.2, 0) is 9.59 Å². The fourth-order valence-electron chi connectivity index (χ4n) is 3.60. The lowest BCUT2D eigenvalue weighted by Gasteiger charge is -2.43. The number of nitrogens with zero attached hydrogens (tertiary/aromatic N) is 2. The molecule has 0 spiro atoms. The zero-order chi connectivity index (χ0) is 17.6. The quantitative estimate of drug-likeness (QED) is 0.897. The number of amides is 3. The number of hydrogen-bond donors (Lipinski definition) is 1. The molecule has 7 nitrogen and oxygen atoms in total. The summed E-state index contributed by atoms with van der Waals surface area (Å²) in [6.07, 6.45) is 1.74. The Hall–Kier alpha value is -2.83. The number of rotatable bonds is 3. The molecule has 0 saturated carbocycles. The summed E-state index contributed by atoms with van der Waals surface area (Å²) in [4.78, 5) is 40.0. The topological polar surface area (TPSA) is 82.9 Å². The summed E-state index contributed by atoms with van der Waals surface area (Å²) < 4.78 is 5.43. The molecule has 130 valence electrons. The fraction of sp³-hybridized carbons (Fsp3) is 0.389. The Labute approximate surface area is 144 Å². The molecule has 3 amide bonds. The van der Waals surface area contributed by atoms with E-state index in [2.05, 4.69) is 5.32 Å². The van der Waals surface area contributed by atoms with Crippen LogP contribution in [-0.4, -0.2) is 60.2 Å². The molecule has 1 unspecified atom stereocenters. The number of likely N-dealkylation sites (tertiary alicyclic amines) is 2. The zero-order valence-corrected chi connectivity index (χ0v) is 13.9. The lowest BCUT2D eigenvalue weighted by atomic mass is 10.0. The molecular weight excluding hydrogens is 322 g/mol. The van der Waals surface area contributed by atoms with Crippen molar-refractivity contribution >= 4 is 28.7 Å². The third kappa shape index (κ3) is 2.56. The fourth-order valence-corrected chi connectivity index (χ4v) is 3.60. The standard InChI is InChI=1S/C18H19N3O4/c1-19-17(23)11-6-16(22)21(7-11)12-8-20(9-12)18(24)14-10-25-15-5-3-2-4-13(14)15/h2-5,10-12H,6-9H2,1H3,(H,19,23). The van der Waals surface area contributed by atoms with E-state index in [1.807, 2.05) is 24.3 Å². The van der Waals surface area contributed by atoms with Gasteiger partial charge in [-0.3, -0.25) is 14.4 Å². The Kier molecular flexibility index (Phi) is 3.71. The number of nitrogens with one attached hydrogen (secondary N) is 1. The molecule has 25 heavy (non-hydrogen) atoms. The van der Waals surface area contributed by atoms with Gasteiger partial charge in [0.1, 0.15) is 11.8 Å². The van der Waals surface area contributed by atoms with E-state index in [0.29, 0.717) is 30.8 Å². The highest BCUT2D eigenvalue weighted by Gasteiger charge is 2.43. The molecule has 2 aliphatic rings. The maximum atomic E-state index is 12.7. The second-order valence-electron chi connectivity index (χ2n) is 6.57. The zero-order valence-electron chi connectivity index (χ0n) is 13.9. The summed E-state index contributed by atoms with van der Waals surface area (Å²) in [5.74, 6) is -0.497. The second-order valence-corrected chi connectivity index (χ2v) is 6.57. The van der Waals surface area contributed by atoms with Crippen LogP contribution in [0, 0.1) is 5.92 Å². The maximum Gasteiger partial charge on any atom is 0.257 e. The molecule has 2 saturated heterocycles. The molecular formula is C18H19N3O4. The van der Waals surface area contributed by atoms with Crippen molar-refractivity contribution in [2.75, 3.05) is 26.7 Å². The predicted molar refractivity (Wildman–Crippen MR) is 89.8 cm³/mol. The molecule has 2 fully saturated rings. The van der Waals surface area contributed by atoms with Crippen LogP contribution in [0.2, 0.25) is 0 Å². The van der Waals surface area contributed by atoms with Crippen molar-refractivity contribution in [3.05, 3.63) is 36.1 Å². The number of carbonyl (C=O) groups excluding carboxylic acids is 3. The van der Waals surface area contributed by atoms with Gasteiger partial charge in [0.2, 0.25) is 11.8 Å². The average Bonchev–Trinajstić information content (AvgIpc) is 3.17. The van der Waals surface area contributed by atoms with Crippen molar-refractivity contribution in [2.45, 2.75) is 12.5 Å². The number of para-hydroxylation sites is 1. The molecule has 7 heteroatoms. The molecule has 4 rings (SSSR count). The lowest BCUT2D eigenvalue weighted by Crippen LogP contribution is -2.61. The first kappa shape index (κ1) is 15.7. The Morgan fingerprint density at radius 3 is 2.72 bits per heavy atom. The minimum Gasteiger partial charge on any atom is -0.463 e. The normalized spacial score (nSPS) is 20.8. The molecule has 2 aliphatic heterocycles. The lowest BCUT2D eigenvalue weighted by molar-refractivity contribution is -0.132. The Morgan fingerprint density at radius 1 is 1.20 bits per heavy atom. The summed E-state index contributed by atoms with van der Waals surface area (Å²) in [5.41, 5.74) is 1.23. The summed E-state index contributed by atoms with van der Waals surface area (Å²) in [5, 5.41) is 3.39. The predicted octanol–water partition coefficient (Wildman–Crippen LogP) is 0.852. The highest BCUT2D eigenvalue weighted by Crippen LogP contribution is 2.28. The first-order valence-corrected chi connectivity index (χ1v) is 8.35. The van der Waals surface area contributed by atoms with Crippen molar-refractivity contribution in [2.24, 2.45) is 5.92 Å². The SMILES string of the molecule is CNC(=O)C1CC(=O)N(C2CN(C(=O)c3coc4ccccc34)C2)C1. The molecule has 0 bridgehead atoms. The van der Waals surface area contributed by atoms with Crippen molar-refractivity contribution in [3.8, 4) is 0 Å². The van der Waals surface area contributed by atoms with E-state index >= 15 is 0 Å². The first-order chi connectivity index (χ1) is 12.1. The average molecular weight is 341 g/mol. The maximum absolute atomic E-state index is 12.7. The van der Waals surface area contributed by atoms with Crippen LogP contribution in [0.1, 0.15) is 16.8 Å². The van der Waals surface area contributed by atoms with Crippen molar-refractivity contribution in [1.82, 2.24) is 15.1 Å². The molecule has 1 aromatic heterocycles. The number of fused-ring (bicyclic) bond motifs is 1. The minimum absolute atomic E-state index is 0.00993. The van der Waals surface area contributed by atoms with Crippen LogP contribution in [0.4, 0.5) is 0 Å². The van der Waals surface area contributed by atoms with Gasteiger partial charge in [-0.2, -0.15) is 0 Å². The number of carbonyl (C=O) groups is 3. The summed E-state index contributed by atoms with van der Waals surface area (Å²) in [6.45, 7) is 1.41. The van der Waals surface area contributed by atoms with Crippen LogP contribution in [0.15, 0.2) is 34.9 Å². The van der Waals surface area contributed by atoms with Gasteiger partial charge in [-0.1, -0.05) is 18.2 Å². The molecule has 0 radical (unpaired) electrons. The molecule has 2 aromatic rings. The van der Waals surface area contributed by atoms with Gasteiger partial charge < -0.3 is 19.5 Å². The smallest absolute Gasteiger partial charge is 0.257 e. The largest absolute Gasteiger partial charge is 0.463 e. The van der Waals surface area contributed by atoms with Gasteiger partial charge in [0, 0.05) is 38.5 Å². The summed E-state index contributed by atoms with van der Waals surface area (Å²) in [6, 6.07) is 7.41. The molecule has 3 heterocycles. The third-order valence-corrected chi connectivity index (χ3v) is 5.08. The Morgan fingerprint density at radius 2 is 1.96 bits per heavy atom. The van der Waals surface area contributed by atoms with Crippen LogP contribution < -0.4 is 5.32 Å². The van der Waals surface area contributed by atoms with E-state index in [1.54, 1.807) is 16.8 Å². The summed E-state index contributed by atoms with van der Waals surface area (Å²) >= 11 is 0. The van der Waals surface area contributed by atoms with E-state index in [9.17, 15) is 14.4 Å². The highest BCUT2D eigenvalue weighted by molar-refractivity contribution is 6.06. The monoisotopic (exact) mass is 341 g/mol. The Bertz CT molecular complexity index is 853. The molecule has 0 aliphatic carbocycles. The van der Waals surface area contributed by atoms with E-state index in [-0.39, 0.29) is 36.1 Å². The Balaban J connectivity index is 1.41. The number of furan rings is 1. The van der Waals surface area contributed by atoms with E-state index in [1.165, 1.54) is 6.26 Å². The van der Waals surface area contributed by atoms with Crippen molar-refractivity contribution in [3.63, 3.8) is 0 Å². The highest BCUT2D eigenvalue weighted by atomic mass is 16.3. The van der Waals surface area contributed by atoms with Crippen LogP contribution in [0.5, 0.6) is 0 Å². The minimum atomic E-state index is -0.292. The molecule has 1 aromatic carbocycles. The van der Waals surface area contributed by atoms with Gasteiger partial charge in [-0.15, -0.1) is 0 Å². The van der Waals surface area contributed by atoms with Crippen molar-refractivity contribution < 1.29 is 18.8 Å². The van der Waals surface area contributed by atoms with Gasteiger partial charge in [-0.05, 0) is 6.07 Å². The number of hydrogen-bond acceptors (Lipinski definition) is 4. The molecule has 1 atom stereocenters. The van der Waals surface area contributed by atoms with Gasteiger partial charge in [-0.25, -0.2) is 0 Å². The van der Waals surface area contributed by atoms with Gasteiger partial charge in [0.25, 0.3) is 5.91 Å². The van der Waals surface area contributed by atoms with Gasteiger partial charge >= 0.3 is 0 Å². The first-order valence-electron chi connectivity index (χ1n) is 8.35. The third-order valence-electron chi connectivity index (χ3n) is 5.08. The van der Waals surface area contributed by atoms with E-state index in [0.717, 1.165) is 5.39 Å². The van der Waals surface area contributed by atoms with E-state index < -0.39 is 0 Å². The van der Waals surface area contributed by atoms with Crippen LogP contribution in [0.25, 0.3) is 11.0 Å². The number of benzene rings is 1.